The van der Waals surface area contributed by atoms with Gasteiger partial charge in [0, 0.05) is 24.1 Å². The minimum Gasteiger partial charge on any atom is -0.388 e. The molecule has 1 N–H and O–H groups in total. The second-order valence-corrected chi connectivity index (χ2v) is 6.57. The van der Waals surface area contributed by atoms with Crippen LogP contribution in [0.3, 0.4) is 0 Å². The van der Waals surface area contributed by atoms with Crippen molar-refractivity contribution in [3.63, 3.8) is 0 Å². The fraction of sp³-hybridized carbons (Fsp3) is 0.125. The number of anilines is 1. The van der Waals surface area contributed by atoms with Crippen molar-refractivity contribution in [3.8, 4) is 16.8 Å². The maximum absolute atomic E-state index is 13.6. The van der Waals surface area contributed by atoms with E-state index in [-0.39, 0.29) is 5.56 Å². The van der Waals surface area contributed by atoms with E-state index in [4.69, 9.17) is 0 Å². The summed E-state index contributed by atoms with van der Waals surface area (Å²) < 4.78 is 1.84. The molecule has 0 aliphatic carbocycles. The summed E-state index contributed by atoms with van der Waals surface area (Å²) in [6, 6.07) is 26.2. The molecule has 27 heavy (non-hydrogen) atoms. The standard InChI is InChI=1S/C24H22N2O/c1-3-20-16-18-10-8-14-22(17-9-7-11-19(15-17)25-2)23(18)24(27)26(20)21-12-5-4-6-13-21/h4-16,25H,3H2,1-2H3. The zero-order valence-electron chi connectivity index (χ0n) is 15.6. The van der Waals surface area contributed by atoms with Crippen LogP contribution in [-0.4, -0.2) is 11.6 Å². The lowest BCUT2D eigenvalue weighted by Gasteiger charge is -2.16. The molecule has 1 heterocycles. The minimum atomic E-state index is 0.0287. The Balaban J connectivity index is 2.07. The predicted molar refractivity (Wildman–Crippen MR) is 114 cm³/mol. The third-order valence-electron chi connectivity index (χ3n) is 4.96. The van der Waals surface area contributed by atoms with E-state index < -0.39 is 0 Å². The Morgan fingerprint density at radius 1 is 0.889 bits per heavy atom. The first-order chi connectivity index (χ1) is 13.2. The van der Waals surface area contributed by atoms with Crippen molar-refractivity contribution in [1.82, 2.24) is 4.57 Å². The van der Waals surface area contributed by atoms with Crippen LogP contribution in [0.15, 0.2) is 83.7 Å². The Bertz CT molecular complexity index is 1160. The maximum atomic E-state index is 13.6. The zero-order chi connectivity index (χ0) is 18.8. The molecule has 0 spiro atoms. The van der Waals surface area contributed by atoms with Crippen LogP contribution in [0, 0.1) is 0 Å². The first kappa shape index (κ1) is 17.1. The van der Waals surface area contributed by atoms with E-state index in [0.717, 1.165) is 45.4 Å². The van der Waals surface area contributed by atoms with Crippen molar-refractivity contribution in [2.24, 2.45) is 0 Å². The molecule has 1 aromatic heterocycles. The van der Waals surface area contributed by atoms with Crippen LogP contribution in [0.4, 0.5) is 5.69 Å². The molecule has 0 bridgehead atoms. The SMILES string of the molecule is CCc1cc2cccc(-c3cccc(NC)c3)c2c(=O)n1-c1ccccc1. The third-order valence-corrected chi connectivity index (χ3v) is 4.96. The van der Waals surface area contributed by atoms with E-state index in [0.29, 0.717) is 0 Å². The van der Waals surface area contributed by atoms with Gasteiger partial charge in [0.2, 0.25) is 0 Å². The summed E-state index contributed by atoms with van der Waals surface area (Å²) in [7, 11) is 1.90. The van der Waals surface area contributed by atoms with Gasteiger partial charge in [0.15, 0.2) is 0 Å². The average molecular weight is 354 g/mol. The van der Waals surface area contributed by atoms with Crippen molar-refractivity contribution >= 4 is 16.5 Å². The molecule has 134 valence electrons. The molecule has 0 unspecified atom stereocenters. The molecule has 3 aromatic carbocycles. The third kappa shape index (κ3) is 3.02. The number of rotatable bonds is 4. The number of pyridine rings is 1. The van der Waals surface area contributed by atoms with Gasteiger partial charge in [0.1, 0.15) is 0 Å². The summed E-state index contributed by atoms with van der Waals surface area (Å²) in [6.07, 6.45) is 0.791. The number of nitrogens with zero attached hydrogens (tertiary/aromatic N) is 1. The van der Waals surface area contributed by atoms with Gasteiger partial charge >= 0.3 is 0 Å². The van der Waals surface area contributed by atoms with E-state index in [9.17, 15) is 4.79 Å². The highest BCUT2D eigenvalue weighted by Crippen LogP contribution is 2.29. The number of aryl methyl sites for hydroxylation is 1. The number of hydrogen-bond donors (Lipinski definition) is 1. The van der Waals surface area contributed by atoms with Gasteiger partial charge in [-0.25, -0.2) is 0 Å². The van der Waals surface area contributed by atoms with Gasteiger partial charge < -0.3 is 5.32 Å². The van der Waals surface area contributed by atoms with Gasteiger partial charge in [-0.2, -0.15) is 0 Å². The normalized spacial score (nSPS) is 10.9. The summed E-state index contributed by atoms with van der Waals surface area (Å²) in [5, 5.41) is 4.91. The summed E-state index contributed by atoms with van der Waals surface area (Å²) in [5.41, 5.74) is 4.97. The fourth-order valence-corrected chi connectivity index (χ4v) is 3.62. The van der Waals surface area contributed by atoms with Crippen molar-refractivity contribution in [2.75, 3.05) is 12.4 Å². The number of benzene rings is 3. The van der Waals surface area contributed by atoms with Crippen LogP contribution in [0.5, 0.6) is 0 Å². The van der Waals surface area contributed by atoms with Crippen molar-refractivity contribution in [3.05, 3.63) is 94.9 Å². The maximum Gasteiger partial charge on any atom is 0.263 e. The first-order valence-electron chi connectivity index (χ1n) is 9.24. The lowest BCUT2D eigenvalue weighted by molar-refractivity contribution is 0.889. The Morgan fingerprint density at radius 3 is 2.41 bits per heavy atom. The van der Waals surface area contributed by atoms with E-state index in [1.807, 2.05) is 72.3 Å². The van der Waals surface area contributed by atoms with Gasteiger partial charge in [-0.05, 0) is 53.3 Å². The molecular formula is C24H22N2O. The average Bonchev–Trinajstić information content (AvgIpc) is 2.73. The molecule has 3 nitrogen and oxygen atoms in total. The topological polar surface area (TPSA) is 34.0 Å². The molecule has 0 saturated heterocycles. The fourth-order valence-electron chi connectivity index (χ4n) is 3.62. The molecule has 4 rings (SSSR count). The Labute approximate surface area is 158 Å². The quantitative estimate of drug-likeness (QED) is 0.542. The Morgan fingerprint density at radius 2 is 1.67 bits per heavy atom. The van der Waals surface area contributed by atoms with Crippen LogP contribution >= 0.6 is 0 Å². The van der Waals surface area contributed by atoms with Crippen molar-refractivity contribution < 1.29 is 0 Å². The molecule has 0 saturated carbocycles. The number of hydrogen-bond acceptors (Lipinski definition) is 2. The number of fused-ring (bicyclic) bond motifs is 1. The van der Waals surface area contributed by atoms with Gasteiger partial charge in [-0.3, -0.25) is 9.36 Å². The van der Waals surface area contributed by atoms with Gasteiger partial charge in [-0.15, -0.1) is 0 Å². The molecule has 0 aliphatic rings. The highest BCUT2D eigenvalue weighted by atomic mass is 16.1. The van der Waals surface area contributed by atoms with Crippen molar-refractivity contribution in [1.29, 1.82) is 0 Å². The Hall–Kier alpha value is -3.33. The number of aromatic nitrogens is 1. The monoisotopic (exact) mass is 354 g/mol. The van der Waals surface area contributed by atoms with Crippen LogP contribution in [0.2, 0.25) is 0 Å². The van der Waals surface area contributed by atoms with E-state index >= 15 is 0 Å². The Kier molecular flexibility index (Phi) is 4.51. The second kappa shape index (κ2) is 7.12. The lowest BCUT2D eigenvalue weighted by atomic mass is 9.98. The van der Waals surface area contributed by atoms with Gasteiger partial charge in [0.05, 0.1) is 5.39 Å². The molecule has 0 fully saturated rings. The highest BCUT2D eigenvalue weighted by Gasteiger charge is 2.14. The van der Waals surface area contributed by atoms with Gasteiger partial charge in [-0.1, -0.05) is 55.5 Å². The van der Waals surface area contributed by atoms with Crippen LogP contribution < -0.4 is 10.9 Å². The lowest BCUT2D eigenvalue weighted by Crippen LogP contribution is -2.22. The smallest absolute Gasteiger partial charge is 0.263 e. The summed E-state index contributed by atoms with van der Waals surface area (Å²) in [6.45, 7) is 2.08. The van der Waals surface area contributed by atoms with E-state index in [1.54, 1.807) is 0 Å². The first-order valence-corrected chi connectivity index (χ1v) is 9.24. The molecule has 0 atom stereocenters. The van der Waals surface area contributed by atoms with Crippen LogP contribution in [-0.2, 0) is 6.42 Å². The molecule has 4 aromatic rings. The molecule has 3 heteroatoms. The number of nitrogens with one attached hydrogen (secondary N) is 1. The van der Waals surface area contributed by atoms with Crippen LogP contribution in [0.1, 0.15) is 12.6 Å². The molecule has 0 amide bonds. The highest BCUT2D eigenvalue weighted by molar-refractivity contribution is 5.97. The van der Waals surface area contributed by atoms with E-state index in [2.05, 4.69) is 30.4 Å². The summed E-state index contributed by atoms with van der Waals surface area (Å²) in [4.78, 5) is 13.6. The largest absolute Gasteiger partial charge is 0.388 e. The molecule has 0 radical (unpaired) electrons. The predicted octanol–water partition coefficient (Wildman–Crippen LogP) is 5.26. The summed E-state index contributed by atoms with van der Waals surface area (Å²) in [5.74, 6) is 0. The second-order valence-electron chi connectivity index (χ2n) is 6.57. The zero-order valence-corrected chi connectivity index (χ0v) is 15.6. The summed E-state index contributed by atoms with van der Waals surface area (Å²) >= 11 is 0. The minimum absolute atomic E-state index is 0.0287. The van der Waals surface area contributed by atoms with Crippen molar-refractivity contribution in [2.45, 2.75) is 13.3 Å². The van der Waals surface area contributed by atoms with E-state index in [1.165, 1.54) is 0 Å². The number of para-hydroxylation sites is 1. The molecule has 0 aliphatic heterocycles. The molecular weight excluding hydrogens is 332 g/mol. The van der Waals surface area contributed by atoms with Gasteiger partial charge in [0.25, 0.3) is 5.56 Å². The van der Waals surface area contributed by atoms with Crippen LogP contribution in [0.25, 0.3) is 27.6 Å².